The molecule has 0 saturated carbocycles. The molecule has 2 heteroatoms. The monoisotopic (exact) mass is 258 g/mol. The minimum Gasteiger partial charge on any atom is -0.396 e. The van der Waals surface area contributed by atoms with Gasteiger partial charge in [-0.25, -0.2) is 0 Å². The van der Waals surface area contributed by atoms with Crippen LogP contribution in [0.4, 0.5) is 0 Å². The van der Waals surface area contributed by atoms with Crippen molar-refractivity contribution in [3.8, 4) is 0 Å². The van der Waals surface area contributed by atoms with Crippen LogP contribution in [0.1, 0.15) is 73.1 Å². The summed E-state index contributed by atoms with van der Waals surface area (Å²) in [6.07, 6.45) is 7.28. The van der Waals surface area contributed by atoms with E-state index in [1.807, 2.05) is 0 Å². The highest BCUT2D eigenvalue weighted by molar-refractivity contribution is 4.70. The molecular weight excluding hydrogens is 224 g/mol. The number of aliphatic hydroxyl groups excluding tert-OH is 1. The molecule has 110 valence electrons. The molecule has 1 atom stereocenters. The molecule has 0 aromatic carbocycles. The summed E-state index contributed by atoms with van der Waals surface area (Å²) >= 11 is 0. The predicted molar refractivity (Wildman–Crippen MR) is 78.8 cm³/mol. The van der Waals surface area contributed by atoms with E-state index in [1.54, 1.807) is 7.11 Å². The minimum atomic E-state index is 0.0264. The van der Waals surface area contributed by atoms with E-state index < -0.39 is 0 Å². The first kappa shape index (κ1) is 17.9. The van der Waals surface area contributed by atoms with E-state index >= 15 is 0 Å². The fourth-order valence-electron chi connectivity index (χ4n) is 2.13. The van der Waals surface area contributed by atoms with Gasteiger partial charge in [0.25, 0.3) is 0 Å². The summed E-state index contributed by atoms with van der Waals surface area (Å²) in [5.41, 5.74) is 0.121. The summed E-state index contributed by atoms with van der Waals surface area (Å²) in [7, 11) is 1.79. The van der Waals surface area contributed by atoms with E-state index in [9.17, 15) is 5.11 Å². The van der Waals surface area contributed by atoms with Crippen molar-refractivity contribution in [2.45, 2.75) is 78.7 Å². The zero-order chi connectivity index (χ0) is 14.2. The summed E-state index contributed by atoms with van der Waals surface area (Å²) in [5.74, 6) is 0.784. The fraction of sp³-hybridized carbons (Fsp3) is 1.00. The Morgan fingerprint density at radius 3 is 1.94 bits per heavy atom. The first-order chi connectivity index (χ1) is 8.22. The molecule has 0 saturated heterocycles. The van der Waals surface area contributed by atoms with Gasteiger partial charge in [0.05, 0.1) is 5.60 Å². The zero-order valence-electron chi connectivity index (χ0n) is 13.4. The average Bonchev–Trinajstić information content (AvgIpc) is 2.28. The largest absolute Gasteiger partial charge is 0.396 e. The van der Waals surface area contributed by atoms with E-state index in [-0.39, 0.29) is 11.0 Å². The van der Waals surface area contributed by atoms with Crippen molar-refractivity contribution in [1.29, 1.82) is 0 Å². The van der Waals surface area contributed by atoms with Gasteiger partial charge in [-0.15, -0.1) is 0 Å². The van der Waals surface area contributed by atoms with Gasteiger partial charge in [-0.05, 0) is 38.0 Å². The Kier molecular flexibility index (Phi) is 8.13. The number of hydrogen-bond donors (Lipinski definition) is 1. The van der Waals surface area contributed by atoms with E-state index in [2.05, 4.69) is 34.6 Å². The van der Waals surface area contributed by atoms with Crippen LogP contribution in [0.3, 0.4) is 0 Å². The molecule has 0 spiro atoms. The molecule has 2 nitrogen and oxygen atoms in total. The quantitative estimate of drug-likeness (QED) is 0.629. The molecule has 0 aliphatic carbocycles. The molecular formula is C16H34O2. The Bertz CT molecular complexity index is 187. The second-order valence-corrected chi connectivity index (χ2v) is 7.18. The van der Waals surface area contributed by atoms with Crippen LogP contribution in [0.15, 0.2) is 0 Å². The highest BCUT2D eigenvalue weighted by Gasteiger charge is 2.18. The normalized spacial score (nSPS) is 14.8. The highest BCUT2D eigenvalue weighted by Crippen LogP contribution is 2.26. The first-order valence-corrected chi connectivity index (χ1v) is 7.38. The van der Waals surface area contributed by atoms with E-state index in [0.29, 0.717) is 6.61 Å². The summed E-state index contributed by atoms with van der Waals surface area (Å²) in [5, 5.41) is 9.20. The molecule has 0 amide bonds. The second-order valence-electron chi connectivity index (χ2n) is 7.18. The van der Waals surface area contributed by atoms with Gasteiger partial charge in [-0.2, -0.15) is 0 Å². The van der Waals surface area contributed by atoms with Crippen molar-refractivity contribution >= 4 is 0 Å². The number of aliphatic hydroxyl groups is 1. The van der Waals surface area contributed by atoms with Crippen molar-refractivity contribution in [2.24, 2.45) is 11.3 Å². The third kappa shape index (κ3) is 8.93. The maximum absolute atomic E-state index is 9.20. The molecule has 0 bridgehead atoms. The first-order valence-electron chi connectivity index (χ1n) is 7.38. The standard InChI is InChI=1S/C16H34O2/c1-14(9-7-11-15(2,3)13-17)10-8-12-16(4,5)18-6/h14,17H,7-13H2,1-6H3. The van der Waals surface area contributed by atoms with Crippen LogP contribution in [0, 0.1) is 11.3 Å². The van der Waals surface area contributed by atoms with E-state index in [0.717, 1.165) is 18.8 Å². The lowest BCUT2D eigenvalue weighted by atomic mass is 9.86. The Balaban J connectivity index is 3.64. The molecule has 1 N–H and O–H groups in total. The average molecular weight is 258 g/mol. The van der Waals surface area contributed by atoms with Crippen LogP contribution in [0.5, 0.6) is 0 Å². The van der Waals surface area contributed by atoms with Gasteiger partial charge in [0.2, 0.25) is 0 Å². The lowest BCUT2D eigenvalue weighted by molar-refractivity contribution is 0.0126. The van der Waals surface area contributed by atoms with Gasteiger partial charge in [0.1, 0.15) is 0 Å². The third-order valence-electron chi connectivity index (χ3n) is 4.01. The van der Waals surface area contributed by atoms with Crippen molar-refractivity contribution < 1.29 is 9.84 Å². The summed E-state index contributed by atoms with van der Waals surface area (Å²) in [6, 6.07) is 0. The number of hydrogen-bond acceptors (Lipinski definition) is 2. The molecule has 0 aromatic heterocycles. The molecule has 0 aliphatic rings. The molecule has 0 fully saturated rings. The molecule has 0 heterocycles. The van der Waals surface area contributed by atoms with Crippen LogP contribution in [0.25, 0.3) is 0 Å². The Morgan fingerprint density at radius 1 is 1.00 bits per heavy atom. The summed E-state index contributed by atoms with van der Waals surface area (Å²) in [6.45, 7) is 11.2. The van der Waals surface area contributed by atoms with Crippen molar-refractivity contribution in [3.63, 3.8) is 0 Å². The second kappa shape index (κ2) is 8.16. The van der Waals surface area contributed by atoms with Gasteiger partial charge < -0.3 is 9.84 Å². The highest BCUT2D eigenvalue weighted by atomic mass is 16.5. The maximum atomic E-state index is 9.20. The zero-order valence-corrected chi connectivity index (χ0v) is 13.4. The maximum Gasteiger partial charge on any atom is 0.0622 e. The van der Waals surface area contributed by atoms with Crippen molar-refractivity contribution in [1.82, 2.24) is 0 Å². The minimum absolute atomic E-state index is 0.0264. The van der Waals surface area contributed by atoms with E-state index in [4.69, 9.17) is 4.74 Å². The summed E-state index contributed by atoms with van der Waals surface area (Å²) in [4.78, 5) is 0. The van der Waals surface area contributed by atoms with Crippen molar-refractivity contribution in [3.05, 3.63) is 0 Å². The van der Waals surface area contributed by atoms with Gasteiger partial charge in [0, 0.05) is 13.7 Å². The lowest BCUT2D eigenvalue weighted by Gasteiger charge is -2.24. The van der Waals surface area contributed by atoms with Gasteiger partial charge in [-0.1, -0.05) is 46.5 Å². The molecule has 0 radical (unpaired) electrons. The SMILES string of the molecule is COC(C)(C)CCCC(C)CCCC(C)(C)CO. The van der Waals surface area contributed by atoms with Gasteiger partial charge in [-0.3, -0.25) is 0 Å². The Labute approximate surface area is 114 Å². The smallest absolute Gasteiger partial charge is 0.0622 e. The Morgan fingerprint density at radius 2 is 1.50 bits per heavy atom. The van der Waals surface area contributed by atoms with Crippen LogP contribution in [-0.4, -0.2) is 24.4 Å². The van der Waals surface area contributed by atoms with Crippen LogP contribution >= 0.6 is 0 Å². The lowest BCUT2D eigenvalue weighted by Crippen LogP contribution is -2.22. The molecule has 0 aliphatic heterocycles. The van der Waals surface area contributed by atoms with Crippen molar-refractivity contribution in [2.75, 3.05) is 13.7 Å². The van der Waals surface area contributed by atoms with Gasteiger partial charge >= 0.3 is 0 Å². The predicted octanol–water partition coefficient (Wildman–Crippen LogP) is 4.41. The van der Waals surface area contributed by atoms with Crippen LogP contribution in [-0.2, 0) is 4.74 Å². The number of methoxy groups -OCH3 is 1. The molecule has 0 rings (SSSR count). The van der Waals surface area contributed by atoms with Crippen LogP contribution < -0.4 is 0 Å². The van der Waals surface area contributed by atoms with Gasteiger partial charge in [0.15, 0.2) is 0 Å². The molecule has 18 heavy (non-hydrogen) atoms. The van der Waals surface area contributed by atoms with E-state index in [1.165, 1.54) is 25.7 Å². The third-order valence-corrected chi connectivity index (χ3v) is 4.01. The summed E-state index contributed by atoms with van der Waals surface area (Å²) < 4.78 is 5.43. The van der Waals surface area contributed by atoms with Crippen LogP contribution in [0.2, 0.25) is 0 Å². The fourth-order valence-corrected chi connectivity index (χ4v) is 2.13. The number of ether oxygens (including phenoxy) is 1. The molecule has 1 unspecified atom stereocenters. The Hall–Kier alpha value is -0.0800. The number of rotatable bonds is 10. The molecule has 0 aromatic rings. The topological polar surface area (TPSA) is 29.5 Å².